The van der Waals surface area contributed by atoms with Crippen LogP contribution in [-0.2, 0) is 11.8 Å². The van der Waals surface area contributed by atoms with Crippen LogP contribution in [0.3, 0.4) is 0 Å². The topological polar surface area (TPSA) is 47.2 Å². The highest BCUT2D eigenvalue weighted by atomic mass is 35.5. The lowest BCUT2D eigenvalue weighted by molar-refractivity contribution is -0.115. The van der Waals surface area contributed by atoms with Crippen LogP contribution in [0.25, 0.3) is 5.69 Å². The normalized spacial score (nSPS) is 16.9. The molecule has 0 unspecified atom stereocenters. The highest BCUT2D eigenvalue weighted by Crippen LogP contribution is 2.42. The van der Waals surface area contributed by atoms with Crippen LogP contribution in [0, 0.1) is 6.92 Å². The summed E-state index contributed by atoms with van der Waals surface area (Å²) in [6, 6.07) is 16.9. The number of anilines is 1. The van der Waals surface area contributed by atoms with E-state index in [1.54, 1.807) is 20.3 Å². The van der Waals surface area contributed by atoms with E-state index in [-0.39, 0.29) is 16.8 Å². The number of hydrogen-bond donors (Lipinski definition) is 0. The fourth-order valence-corrected chi connectivity index (χ4v) is 4.75. The first kappa shape index (κ1) is 17.9. The summed E-state index contributed by atoms with van der Waals surface area (Å²) < 4.78 is 3.38. The molecule has 7 heteroatoms. The Balaban J connectivity index is 1.87. The zero-order valence-electron chi connectivity index (χ0n) is 14.9. The van der Waals surface area contributed by atoms with Crippen LogP contribution in [-0.4, -0.2) is 21.0 Å². The molecule has 0 radical (unpaired) electrons. The molecule has 27 heavy (non-hydrogen) atoms. The summed E-state index contributed by atoms with van der Waals surface area (Å²) in [7, 11) is 1.83. The molecule has 1 fully saturated rings. The number of aromatic nitrogens is 2. The molecule has 0 aliphatic carbocycles. The van der Waals surface area contributed by atoms with Gasteiger partial charge in [-0.2, -0.15) is 0 Å². The molecule has 1 aromatic heterocycles. The maximum absolute atomic E-state index is 13.3. The smallest absolute Gasteiger partial charge is 0.288 e. The Morgan fingerprint density at radius 1 is 1.07 bits per heavy atom. The fourth-order valence-electron chi connectivity index (χ4n) is 3.40. The van der Waals surface area contributed by atoms with Gasteiger partial charge in [0.2, 0.25) is 5.91 Å². The zero-order chi connectivity index (χ0) is 19.1. The van der Waals surface area contributed by atoms with Gasteiger partial charge in [0, 0.05) is 12.1 Å². The summed E-state index contributed by atoms with van der Waals surface area (Å²) in [6.07, 6.45) is 0. The molecule has 1 aliphatic heterocycles. The third-order valence-electron chi connectivity index (χ3n) is 4.77. The van der Waals surface area contributed by atoms with Crippen molar-refractivity contribution < 1.29 is 4.79 Å². The van der Waals surface area contributed by atoms with Crippen LogP contribution in [0.5, 0.6) is 0 Å². The molecular formula is C20H18ClN3O2S. The van der Waals surface area contributed by atoms with Crippen LogP contribution in [0.15, 0.2) is 59.4 Å². The summed E-state index contributed by atoms with van der Waals surface area (Å²) in [5.74, 6) is 0.256. The number of para-hydroxylation sites is 1. The summed E-state index contributed by atoms with van der Waals surface area (Å²) >= 11 is 7.65. The quantitative estimate of drug-likeness (QED) is 0.670. The number of thioether (sulfide) groups is 1. The van der Waals surface area contributed by atoms with Gasteiger partial charge < -0.3 is 0 Å². The van der Waals surface area contributed by atoms with Gasteiger partial charge in [-0.25, -0.2) is 4.68 Å². The van der Waals surface area contributed by atoms with Gasteiger partial charge in [0.05, 0.1) is 17.1 Å². The molecule has 2 aromatic carbocycles. The van der Waals surface area contributed by atoms with E-state index < -0.39 is 0 Å². The molecule has 1 atom stereocenters. The molecule has 138 valence electrons. The van der Waals surface area contributed by atoms with E-state index in [2.05, 4.69) is 0 Å². The van der Waals surface area contributed by atoms with Gasteiger partial charge >= 0.3 is 0 Å². The summed E-state index contributed by atoms with van der Waals surface area (Å²) in [5.41, 5.74) is 2.63. The van der Waals surface area contributed by atoms with E-state index in [1.807, 2.05) is 62.5 Å². The van der Waals surface area contributed by atoms with Crippen molar-refractivity contribution >= 4 is 35.0 Å². The number of carbonyl (C=O) groups is 1. The highest BCUT2D eigenvalue weighted by molar-refractivity contribution is 8.00. The molecule has 0 N–H and O–H groups in total. The largest absolute Gasteiger partial charge is 0.295 e. The molecule has 0 saturated carbocycles. The van der Waals surface area contributed by atoms with Gasteiger partial charge in [-0.1, -0.05) is 41.9 Å². The molecule has 5 nitrogen and oxygen atoms in total. The second-order valence-electron chi connectivity index (χ2n) is 6.39. The molecule has 1 aliphatic rings. The third-order valence-corrected chi connectivity index (χ3v) is 6.21. The zero-order valence-corrected chi connectivity index (χ0v) is 16.5. The molecular weight excluding hydrogens is 382 g/mol. The van der Waals surface area contributed by atoms with Crippen molar-refractivity contribution in [3.8, 4) is 5.69 Å². The lowest BCUT2D eigenvalue weighted by Crippen LogP contribution is -2.33. The van der Waals surface area contributed by atoms with E-state index in [9.17, 15) is 9.59 Å². The van der Waals surface area contributed by atoms with Crippen LogP contribution in [0.1, 0.15) is 16.6 Å². The van der Waals surface area contributed by atoms with Crippen LogP contribution in [0.2, 0.25) is 5.02 Å². The maximum Gasteiger partial charge on any atom is 0.295 e. The van der Waals surface area contributed by atoms with E-state index in [4.69, 9.17) is 11.6 Å². The van der Waals surface area contributed by atoms with Gasteiger partial charge in [-0.3, -0.25) is 19.2 Å². The van der Waals surface area contributed by atoms with Gasteiger partial charge in [0.15, 0.2) is 0 Å². The average molecular weight is 400 g/mol. The SMILES string of the molecule is Cc1c(N2C(=O)CS[C@H]2c2cccc(Cl)c2)c(=O)n(-c2ccccc2)n1C. The standard InChI is InChI=1S/C20H18ClN3O2S/c1-13-18(19(26)24(22(13)2)16-9-4-3-5-10-16)23-17(25)12-27-20(23)14-7-6-8-15(21)11-14/h3-11,20H,12H2,1-2H3/t20-/m0/s1. The van der Waals surface area contributed by atoms with E-state index in [0.29, 0.717) is 16.5 Å². The molecule has 1 amide bonds. The molecule has 3 aromatic rings. The highest BCUT2D eigenvalue weighted by Gasteiger charge is 2.38. The Hall–Kier alpha value is -2.44. The van der Waals surface area contributed by atoms with Crippen molar-refractivity contribution in [3.63, 3.8) is 0 Å². The Kier molecular flexibility index (Phi) is 4.61. The second kappa shape index (κ2) is 6.94. The van der Waals surface area contributed by atoms with Crippen molar-refractivity contribution in [2.75, 3.05) is 10.7 Å². The van der Waals surface area contributed by atoms with E-state index in [0.717, 1.165) is 16.9 Å². The van der Waals surface area contributed by atoms with E-state index >= 15 is 0 Å². The number of halogens is 1. The van der Waals surface area contributed by atoms with Crippen molar-refractivity contribution in [2.45, 2.75) is 12.3 Å². The molecule has 1 saturated heterocycles. The third kappa shape index (κ3) is 2.99. The molecule has 4 rings (SSSR count). The minimum Gasteiger partial charge on any atom is -0.288 e. The average Bonchev–Trinajstić information content (AvgIpc) is 3.13. The summed E-state index contributed by atoms with van der Waals surface area (Å²) in [5, 5.41) is 0.341. The Morgan fingerprint density at radius 3 is 2.52 bits per heavy atom. The van der Waals surface area contributed by atoms with Gasteiger partial charge in [-0.05, 0) is 36.8 Å². The number of hydrogen-bond acceptors (Lipinski definition) is 3. The number of carbonyl (C=O) groups excluding carboxylic acids is 1. The second-order valence-corrected chi connectivity index (χ2v) is 7.90. The molecule has 0 bridgehead atoms. The summed E-state index contributed by atoms with van der Waals surface area (Å²) in [6.45, 7) is 1.86. The maximum atomic E-state index is 13.3. The van der Waals surface area contributed by atoms with E-state index in [1.165, 1.54) is 11.8 Å². The monoisotopic (exact) mass is 399 g/mol. The predicted molar refractivity (Wildman–Crippen MR) is 110 cm³/mol. The Morgan fingerprint density at radius 2 is 1.81 bits per heavy atom. The lowest BCUT2D eigenvalue weighted by atomic mass is 10.2. The lowest BCUT2D eigenvalue weighted by Gasteiger charge is -2.23. The number of rotatable bonds is 3. The van der Waals surface area contributed by atoms with Crippen molar-refractivity contribution in [1.82, 2.24) is 9.36 Å². The minimum atomic E-state index is -0.269. The molecule has 0 spiro atoms. The summed E-state index contributed by atoms with van der Waals surface area (Å²) in [4.78, 5) is 27.6. The first-order valence-corrected chi connectivity index (χ1v) is 9.95. The van der Waals surface area contributed by atoms with Crippen molar-refractivity contribution in [1.29, 1.82) is 0 Å². The van der Waals surface area contributed by atoms with Crippen LogP contribution < -0.4 is 10.5 Å². The predicted octanol–water partition coefficient (Wildman–Crippen LogP) is 3.92. The fraction of sp³-hybridized carbons (Fsp3) is 0.200. The van der Waals surface area contributed by atoms with Gasteiger partial charge in [0.25, 0.3) is 5.56 Å². The number of amides is 1. The van der Waals surface area contributed by atoms with Crippen molar-refractivity contribution in [2.24, 2.45) is 7.05 Å². The van der Waals surface area contributed by atoms with Crippen molar-refractivity contribution in [3.05, 3.63) is 81.2 Å². The first-order chi connectivity index (χ1) is 13.0. The van der Waals surface area contributed by atoms with Crippen LogP contribution in [0.4, 0.5) is 5.69 Å². The molecule has 2 heterocycles. The number of benzene rings is 2. The Bertz CT molecular complexity index is 1070. The number of nitrogens with zero attached hydrogens (tertiary/aromatic N) is 3. The van der Waals surface area contributed by atoms with Gasteiger partial charge in [-0.15, -0.1) is 11.8 Å². The Labute approximate surface area is 166 Å². The van der Waals surface area contributed by atoms with Gasteiger partial charge in [0.1, 0.15) is 11.1 Å². The van der Waals surface area contributed by atoms with Crippen LogP contribution >= 0.6 is 23.4 Å². The minimum absolute atomic E-state index is 0.0732. The first-order valence-electron chi connectivity index (χ1n) is 8.52.